The molecule has 2 N–H and O–H groups in total. The van der Waals surface area contributed by atoms with Crippen LogP contribution in [0.4, 0.5) is 34.9 Å². The lowest BCUT2D eigenvalue weighted by atomic mass is 10.0. The van der Waals surface area contributed by atoms with Crippen molar-refractivity contribution in [2.45, 2.75) is 58.2 Å². The van der Waals surface area contributed by atoms with Gasteiger partial charge in [0.25, 0.3) is 5.91 Å². The fraction of sp³-hybridized carbons (Fsp3) is 0.414. The Labute approximate surface area is 237 Å². The molecule has 0 aliphatic rings. The van der Waals surface area contributed by atoms with Gasteiger partial charge in [-0.3, -0.25) is 4.79 Å². The standard InChI is InChI=1S/C29H35F4N5O3/c1-6-8-12-18(11-7-2)35-26(39)19-15-25(40-5)22(16-21(19)30)36-28-34-17-20(29(31,32)33)27(37-28)41-24-14-10-9-13-23(24)38(3)4/h9-10,13-18H,6-8,11-12H2,1-5H3,(H,35,39)(H,34,36,37). The lowest BCUT2D eigenvalue weighted by molar-refractivity contribution is -0.139. The molecule has 0 aliphatic carbocycles. The van der Waals surface area contributed by atoms with E-state index in [0.717, 1.165) is 38.2 Å². The monoisotopic (exact) mass is 577 g/mol. The summed E-state index contributed by atoms with van der Waals surface area (Å²) in [6.45, 7) is 4.06. The van der Waals surface area contributed by atoms with Crippen molar-refractivity contribution in [3.05, 3.63) is 59.5 Å². The van der Waals surface area contributed by atoms with Crippen LogP contribution in [0.15, 0.2) is 42.6 Å². The highest BCUT2D eigenvalue weighted by Gasteiger charge is 2.37. The molecule has 2 aromatic carbocycles. The van der Waals surface area contributed by atoms with Crippen LogP contribution in [0.3, 0.4) is 0 Å². The summed E-state index contributed by atoms with van der Waals surface area (Å²) in [4.78, 5) is 22.3. The Bertz CT molecular complexity index is 1330. The number of halogens is 4. The van der Waals surface area contributed by atoms with E-state index in [1.807, 2.05) is 6.92 Å². The van der Waals surface area contributed by atoms with Crippen LogP contribution in [0.2, 0.25) is 0 Å². The topological polar surface area (TPSA) is 88.6 Å². The smallest absolute Gasteiger partial charge is 0.423 e. The quantitative estimate of drug-likeness (QED) is 0.206. The number of carbonyl (C=O) groups excluding carboxylic acids is 1. The number of nitrogens with one attached hydrogen (secondary N) is 2. The van der Waals surface area contributed by atoms with Gasteiger partial charge < -0.3 is 25.0 Å². The molecule has 3 rings (SSSR count). The molecule has 1 atom stereocenters. The number of nitrogens with zero attached hydrogens (tertiary/aromatic N) is 3. The number of amides is 1. The fourth-order valence-corrected chi connectivity index (χ4v) is 4.18. The molecule has 3 aromatic rings. The van der Waals surface area contributed by atoms with Crippen LogP contribution in [0, 0.1) is 5.82 Å². The Balaban J connectivity index is 1.93. The molecule has 41 heavy (non-hydrogen) atoms. The van der Waals surface area contributed by atoms with Crippen LogP contribution in [0.1, 0.15) is 61.9 Å². The Kier molecular flexibility index (Phi) is 10.7. The Morgan fingerprint density at radius 2 is 1.80 bits per heavy atom. The second kappa shape index (κ2) is 14.0. The highest BCUT2D eigenvalue weighted by atomic mass is 19.4. The van der Waals surface area contributed by atoms with E-state index in [0.29, 0.717) is 11.9 Å². The molecule has 0 bridgehead atoms. The van der Waals surface area contributed by atoms with E-state index in [4.69, 9.17) is 9.47 Å². The van der Waals surface area contributed by atoms with Gasteiger partial charge in [-0.05, 0) is 31.0 Å². The van der Waals surface area contributed by atoms with Crippen molar-refractivity contribution >= 4 is 23.2 Å². The zero-order valence-electron chi connectivity index (χ0n) is 23.7. The van der Waals surface area contributed by atoms with Gasteiger partial charge in [-0.25, -0.2) is 9.37 Å². The SMILES string of the molecule is CCCCC(CCC)NC(=O)c1cc(OC)c(Nc2ncc(C(F)(F)F)c(Oc3ccccc3N(C)C)n2)cc1F. The summed E-state index contributed by atoms with van der Waals surface area (Å²) in [7, 11) is 4.76. The van der Waals surface area contributed by atoms with Crippen molar-refractivity contribution in [3.63, 3.8) is 0 Å². The molecule has 0 fully saturated rings. The number of rotatable bonds is 13. The molecule has 12 heteroatoms. The number of anilines is 3. The Morgan fingerprint density at radius 3 is 2.44 bits per heavy atom. The Morgan fingerprint density at radius 1 is 1.07 bits per heavy atom. The zero-order valence-corrected chi connectivity index (χ0v) is 23.7. The average Bonchev–Trinajstić information content (AvgIpc) is 2.91. The van der Waals surface area contributed by atoms with Gasteiger partial charge in [0.1, 0.15) is 17.1 Å². The first-order valence-corrected chi connectivity index (χ1v) is 13.3. The first kappa shape index (κ1) is 31.4. The van der Waals surface area contributed by atoms with Crippen LogP contribution in [0.25, 0.3) is 0 Å². The second-order valence-corrected chi connectivity index (χ2v) is 9.63. The highest BCUT2D eigenvalue weighted by Crippen LogP contribution is 2.40. The van der Waals surface area contributed by atoms with Gasteiger partial charge in [0.05, 0.1) is 24.0 Å². The molecule has 8 nitrogen and oxygen atoms in total. The third-order valence-corrected chi connectivity index (χ3v) is 6.27. The number of ether oxygens (including phenoxy) is 2. The predicted octanol–water partition coefficient (Wildman–Crippen LogP) is 7.33. The van der Waals surface area contributed by atoms with Crippen molar-refractivity contribution in [1.29, 1.82) is 0 Å². The summed E-state index contributed by atoms with van der Waals surface area (Å²) in [5.74, 6) is -2.25. The van der Waals surface area contributed by atoms with Crippen molar-refractivity contribution in [1.82, 2.24) is 15.3 Å². The van der Waals surface area contributed by atoms with E-state index in [1.165, 1.54) is 19.2 Å². The third-order valence-electron chi connectivity index (χ3n) is 6.27. The van der Waals surface area contributed by atoms with Crippen molar-refractivity contribution in [2.75, 3.05) is 31.4 Å². The predicted molar refractivity (Wildman–Crippen MR) is 150 cm³/mol. The second-order valence-electron chi connectivity index (χ2n) is 9.63. The normalized spacial score (nSPS) is 12.0. The number of benzene rings is 2. The number of methoxy groups -OCH3 is 1. The molecular weight excluding hydrogens is 542 g/mol. The van der Waals surface area contributed by atoms with Gasteiger partial charge in [0, 0.05) is 32.4 Å². The molecular formula is C29H35F4N5O3. The van der Waals surface area contributed by atoms with Gasteiger partial charge in [0.2, 0.25) is 11.8 Å². The lowest BCUT2D eigenvalue weighted by Crippen LogP contribution is -2.35. The maximum Gasteiger partial charge on any atom is 0.423 e. The minimum Gasteiger partial charge on any atom is -0.495 e. The number of aromatic nitrogens is 2. The molecule has 222 valence electrons. The van der Waals surface area contributed by atoms with E-state index in [2.05, 4.69) is 27.5 Å². The fourth-order valence-electron chi connectivity index (χ4n) is 4.18. The van der Waals surface area contributed by atoms with Crippen LogP contribution in [-0.2, 0) is 6.18 Å². The Hall–Kier alpha value is -4.09. The lowest BCUT2D eigenvalue weighted by Gasteiger charge is -2.20. The molecule has 0 spiro atoms. The van der Waals surface area contributed by atoms with Crippen molar-refractivity contribution in [2.24, 2.45) is 0 Å². The minimum absolute atomic E-state index is 0.0111. The maximum atomic E-state index is 15.1. The van der Waals surface area contributed by atoms with Gasteiger partial charge in [-0.1, -0.05) is 45.2 Å². The van der Waals surface area contributed by atoms with E-state index in [9.17, 15) is 18.0 Å². The molecule has 0 radical (unpaired) electrons. The first-order valence-electron chi connectivity index (χ1n) is 13.3. The summed E-state index contributed by atoms with van der Waals surface area (Å²) >= 11 is 0. The third kappa shape index (κ3) is 8.21. The van der Waals surface area contributed by atoms with Crippen LogP contribution in [0.5, 0.6) is 17.4 Å². The van der Waals surface area contributed by atoms with Crippen LogP contribution >= 0.6 is 0 Å². The molecule has 0 saturated carbocycles. The minimum atomic E-state index is -4.80. The molecule has 1 heterocycles. The molecule has 0 aliphatic heterocycles. The number of para-hydroxylation sites is 2. The molecule has 0 saturated heterocycles. The van der Waals surface area contributed by atoms with E-state index in [1.54, 1.807) is 37.2 Å². The van der Waals surface area contributed by atoms with E-state index < -0.39 is 29.3 Å². The van der Waals surface area contributed by atoms with E-state index in [-0.39, 0.29) is 34.7 Å². The van der Waals surface area contributed by atoms with Crippen molar-refractivity contribution in [3.8, 4) is 17.4 Å². The summed E-state index contributed by atoms with van der Waals surface area (Å²) in [6.07, 6.45) is 0.0911. The largest absolute Gasteiger partial charge is 0.495 e. The van der Waals surface area contributed by atoms with Gasteiger partial charge in [-0.15, -0.1) is 0 Å². The molecule has 1 unspecified atom stereocenters. The number of hydrogen-bond donors (Lipinski definition) is 2. The number of unbranched alkanes of at least 4 members (excludes halogenated alkanes) is 1. The summed E-state index contributed by atoms with van der Waals surface area (Å²) in [5, 5.41) is 5.57. The van der Waals surface area contributed by atoms with Gasteiger partial charge >= 0.3 is 6.18 Å². The summed E-state index contributed by atoms with van der Waals surface area (Å²) in [6, 6.07) is 8.69. The molecule has 1 aromatic heterocycles. The van der Waals surface area contributed by atoms with Crippen LogP contribution in [-0.4, -0.2) is 43.1 Å². The van der Waals surface area contributed by atoms with E-state index >= 15 is 4.39 Å². The van der Waals surface area contributed by atoms with Gasteiger partial charge in [0.15, 0.2) is 5.75 Å². The first-order chi connectivity index (χ1) is 19.5. The number of alkyl halides is 3. The number of hydrogen-bond acceptors (Lipinski definition) is 7. The maximum absolute atomic E-state index is 15.1. The number of carbonyl (C=O) groups is 1. The zero-order chi connectivity index (χ0) is 30.2. The average molecular weight is 578 g/mol. The summed E-state index contributed by atoms with van der Waals surface area (Å²) in [5.41, 5.74) is -0.867. The van der Waals surface area contributed by atoms with Gasteiger partial charge in [-0.2, -0.15) is 18.2 Å². The molecule has 1 amide bonds. The van der Waals surface area contributed by atoms with Crippen LogP contribution < -0.4 is 25.0 Å². The highest BCUT2D eigenvalue weighted by molar-refractivity contribution is 5.96. The van der Waals surface area contributed by atoms with Crippen molar-refractivity contribution < 1.29 is 31.8 Å². The summed E-state index contributed by atoms with van der Waals surface area (Å²) < 4.78 is 67.4.